The molecule has 0 aliphatic rings. The topological polar surface area (TPSA) is 38.5 Å². The van der Waals surface area contributed by atoms with Gasteiger partial charge >= 0.3 is 0 Å². The van der Waals surface area contributed by atoms with Crippen LogP contribution in [0.15, 0.2) is 0 Å². The zero-order chi connectivity index (χ0) is 9.40. The van der Waals surface area contributed by atoms with Crippen molar-refractivity contribution < 1.29 is 4.74 Å². The van der Waals surface area contributed by atoms with E-state index < -0.39 is 0 Å². The van der Waals surface area contributed by atoms with Crippen LogP contribution < -0.4 is 5.73 Å². The molecule has 3 nitrogen and oxygen atoms in total. The van der Waals surface area contributed by atoms with Crippen molar-refractivity contribution in [3.8, 4) is 0 Å². The molecule has 0 heterocycles. The number of rotatable bonds is 7. The molecular formula is C9H22N2O. The zero-order valence-corrected chi connectivity index (χ0v) is 8.55. The lowest BCUT2D eigenvalue weighted by Gasteiger charge is -2.27. The van der Waals surface area contributed by atoms with Crippen LogP contribution in [0, 0.1) is 0 Å². The fraction of sp³-hybridized carbons (Fsp3) is 1.00. The lowest BCUT2D eigenvalue weighted by atomic mass is 10.2. The van der Waals surface area contributed by atoms with Gasteiger partial charge in [-0.15, -0.1) is 0 Å². The van der Waals surface area contributed by atoms with Gasteiger partial charge in [0.05, 0.1) is 6.61 Å². The van der Waals surface area contributed by atoms with Crippen molar-refractivity contribution in [2.45, 2.75) is 26.3 Å². The Bertz CT molecular complexity index is 98.5. The van der Waals surface area contributed by atoms with Gasteiger partial charge in [0.2, 0.25) is 0 Å². The van der Waals surface area contributed by atoms with Crippen LogP contribution in [0.25, 0.3) is 0 Å². The third-order valence-electron chi connectivity index (χ3n) is 2.21. The van der Waals surface area contributed by atoms with Crippen LogP contribution in [0.5, 0.6) is 0 Å². The Morgan fingerprint density at radius 2 is 2.08 bits per heavy atom. The number of methoxy groups -OCH3 is 1. The van der Waals surface area contributed by atoms with Gasteiger partial charge in [0.15, 0.2) is 0 Å². The van der Waals surface area contributed by atoms with Crippen molar-refractivity contribution in [1.82, 2.24) is 4.90 Å². The Kier molecular flexibility index (Phi) is 7.45. The molecule has 0 aromatic heterocycles. The molecule has 0 spiro atoms. The molecule has 0 saturated heterocycles. The molecule has 1 atom stereocenters. The van der Waals surface area contributed by atoms with E-state index in [0.29, 0.717) is 6.04 Å². The fourth-order valence-electron chi connectivity index (χ4n) is 1.19. The first-order valence-corrected chi connectivity index (χ1v) is 4.69. The number of hydrogen-bond acceptors (Lipinski definition) is 3. The molecule has 0 rings (SSSR count). The first-order valence-electron chi connectivity index (χ1n) is 4.69. The summed E-state index contributed by atoms with van der Waals surface area (Å²) in [5, 5.41) is 0. The fourth-order valence-corrected chi connectivity index (χ4v) is 1.19. The number of nitrogens with two attached hydrogens (primary N) is 1. The minimum Gasteiger partial charge on any atom is -0.383 e. The van der Waals surface area contributed by atoms with E-state index in [0.717, 1.165) is 26.2 Å². The SMILES string of the molecule is CCC(C)N(CCN)CCOC. The van der Waals surface area contributed by atoms with E-state index in [4.69, 9.17) is 10.5 Å². The highest BCUT2D eigenvalue weighted by atomic mass is 16.5. The molecule has 3 heteroatoms. The monoisotopic (exact) mass is 174 g/mol. The van der Waals surface area contributed by atoms with Gasteiger partial charge in [-0.2, -0.15) is 0 Å². The summed E-state index contributed by atoms with van der Waals surface area (Å²) in [4.78, 5) is 2.36. The molecule has 0 amide bonds. The van der Waals surface area contributed by atoms with E-state index in [-0.39, 0.29) is 0 Å². The van der Waals surface area contributed by atoms with Gasteiger partial charge < -0.3 is 10.5 Å². The second-order valence-corrected chi connectivity index (χ2v) is 3.07. The van der Waals surface area contributed by atoms with E-state index in [1.54, 1.807) is 7.11 Å². The van der Waals surface area contributed by atoms with Gasteiger partial charge in [0.25, 0.3) is 0 Å². The van der Waals surface area contributed by atoms with Crippen molar-refractivity contribution >= 4 is 0 Å². The van der Waals surface area contributed by atoms with Crippen molar-refractivity contribution in [2.75, 3.05) is 33.4 Å². The standard InChI is InChI=1S/C9H22N2O/c1-4-9(2)11(6-5-10)7-8-12-3/h9H,4-8,10H2,1-3H3. The molecule has 12 heavy (non-hydrogen) atoms. The number of nitrogens with zero attached hydrogens (tertiary/aromatic N) is 1. The lowest BCUT2D eigenvalue weighted by Crippen LogP contribution is -2.38. The highest BCUT2D eigenvalue weighted by molar-refractivity contribution is 4.65. The van der Waals surface area contributed by atoms with Crippen LogP contribution in [-0.4, -0.2) is 44.3 Å². The third kappa shape index (κ3) is 4.70. The van der Waals surface area contributed by atoms with Crippen LogP contribution in [0.1, 0.15) is 20.3 Å². The lowest BCUT2D eigenvalue weighted by molar-refractivity contribution is 0.125. The summed E-state index contributed by atoms with van der Waals surface area (Å²) in [6.45, 7) is 7.91. The number of ether oxygens (including phenoxy) is 1. The van der Waals surface area contributed by atoms with Crippen molar-refractivity contribution in [2.24, 2.45) is 5.73 Å². The van der Waals surface area contributed by atoms with Gasteiger partial charge in [-0.3, -0.25) is 4.90 Å². The van der Waals surface area contributed by atoms with Gasteiger partial charge in [-0.1, -0.05) is 6.92 Å². The molecule has 0 fully saturated rings. The maximum absolute atomic E-state index is 5.51. The predicted octanol–water partition coefficient (Wildman–Crippen LogP) is 0.692. The van der Waals surface area contributed by atoms with Crippen LogP contribution in [-0.2, 0) is 4.74 Å². The molecule has 74 valence electrons. The van der Waals surface area contributed by atoms with Crippen LogP contribution >= 0.6 is 0 Å². The quantitative estimate of drug-likeness (QED) is 0.617. The van der Waals surface area contributed by atoms with Gasteiger partial charge in [-0.05, 0) is 13.3 Å². The number of hydrogen-bond donors (Lipinski definition) is 1. The van der Waals surface area contributed by atoms with Gasteiger partial charge in [-0.25, -0.2) is 0 Å². The van der Waals surface area contributed by atoms with E-state index in [1.165, 1.54) is 6.42 Å². The maximum atomic E-state index is 5.51. The van der Waals surface area contributed by atoms with Crippen LogP contribution in [0.2, 0.25) is 0 Å². The maximum Gasteiger partial charge on any atom is 0.0589 e. The van der Waals surface area contributed by atoms with E-state index >= 15 is 0 Å². The van der Waals surface area contributed by atoms with Gasteiger partial charge in [0, 0.05) is 32.8 Å². The molecule has 0 bridgehead atoms. The largest absolute Gasteiger partial charge is 0.383 e. The van der Waals surface area contributed by atoms with E-state index in [9.17, 15) is 0 Å². The molecule has 0 saturated carbocycles. The third-order valence-corrected chi connectivity index (χ3v) is 2.21. The summed E-state index contributed by atoms with van der Waals surface area (Å²) >= 11 is 0. The highest BCUT2D eigenvalue weighted by Crippen LogP contribution is 2.01. The zero-order valence-electron chi connectivity index (χ0n) is 8.55. The van der Waals surface area contributed by atoms with E-state index in [2.05, 4.69) is 18.7 Å². The first kappa shape index (κ1) is 11.9. The summed E-state index contributed by atoms with van der Waals surface area (Å²) in [5.74, 6) is 0. The van der Waals surface area contributed by atoms with Crippen molar-refractivity contribution in [3.63, 3.8) is 0 Å². The molecule has 1 unspecified atom stereocenters. The minimum atomic E-state index is 0.615. The summed E-state index contributed by atoms with van der Waals surface area (Å²) in [6, 6.07) is 0.615. The smallest absolute Gasteiger partial charge is 0.0589 e. The predicted molar refractivity (Wildman–Crippen MR) is 52.3 cm³/mol. The van der Waals surface area contributed by atoms with Crippen LogP contribution in [0.3, 0.4) is 0 Å². The Labute approximate surface area is 75.9 Å². The highest BCUT2D eigenvalue weighted by Gasteiger charge is 2.09. The van der Waals surface area contributed by atoms with Crippen molar-refractivity contribution in [3.05, 3.63) is 0 Å². The molecular weight excluding hydrogens is 152 g/mol. The second kappa shape index (κ2) is 7.53. The molecule has 0 aromatic rings. The molecule has 0 aromatic carbocycles. The molecule has 0 aliphatic heterocycles. The van der Waals surface area contributed by atoms with Gasteiger partial charge in [0.1, 0.15) is 0 Å². The van der Waals surface area contributed by atoms with Crippen LogP contribution in [0.4, 0.5) is 0 Å². The summed E-state index contributed by atoms with van der Waals surface area (Å²) in [6.07, 6.45) is 1.17. The second-order valence-electron chi connectivity index (χ2n) is 3.07. The Hall–Kier alpha value is -0.120. The molecule has 0 radical (unpaired) electrons. The average molecular weight is 174 g/mol. The summed E-state index contributed by atoms with van der Waals surface area (Å²) in [7, 11) is 1.73. The Morgan fingerprint density at radius 1 is 1.42 bits per heavy atom. The Morgan fingerprint density at radius 3 is 2.50 bits per heavy atom. The summed E-state index contributed by atoms with van der Waals surface area (Å²) < 4.78 is 5.03. The normalized spacial score (nSPS) is 13.8. The minimum absolute atomic E-state index is 0.615. The van der Waals surface area contributed by atoms with E-state index in [1.807, 2.05) is 0 Å². The average Bonchev–Trinajstić information content (AvgIpc) is 2.11. The Balaban J connectivity index is 3.68. The first-order chi connectivity index (χ1) is 5.76. The summed E-state index contributed by atoms with van der Waals surface area (Å²) in [5.41, 5.74) is 5.51. The van der Waals surface area contributed by atoms with Crippen molar-refractivity contribution in [1.29, 1.82) is 0 Å². The molecule has 0 aliphatic carbocycles. The molecule has 2 N–H and O–H groups in total.